The number of nitrogens with zero attached hydrogens (tertiary/aromatic N) is 2. The zero-order valence-electron chi connectivity index (χ0n) is 13.0. The van der Waals surface area contributed by atoms with Crippen molar-refractivity contribution in [1.29, 1.82) is 0 Å². The molecule has 2 rings (SSSR count). The van der Waals surface area contributed by atoms with E-state index in [0.717, 1.165) is 32.5 Å². The summed E-state index contributed by atoms with van der Waals surface area (Å²) in [7, 11) is 2.08. The van der Waals surface area contributed by atoms with Crippen LogP contribution in [0.2, 0.25) is 0 Å². The van der Waals surface area contributed by atoms with Crippen LogP contribution in [-0.4, -0.2) is 48.5 Å². The summed E-state index contributed by atoms with van der Waals surface area (Å²) in [6.45, 7) is 7.05. The van der Waals surface area contributed by atoms with Gasteiger partial charge in [-0.1, -0.05) is 25.2 Å². The smallest absolute Gasteiger partial charge is 0.265 e. The van der Waals surface area contributed by atoms with Gasteiger partial charge in [0.25, 0.3) is 5.91 Å². The Balaban J connectivity index is 1.95. The van der Waals surface area contributed by atoms with Crippen molar-refractivity contribution in [3.05, 3.63) is 4.88 Å². The van der Waals surface area contributed by atoms with Crippen LogP contribution in [0, 0.1) is 5.92 Å². The van der Waals surface area contributed by atoms with Crippen molar-refractivity contribution in [3.8, 4) is 0 Å². The van der Waals surface area contributed by atoms with Gasteiger partial charge in [-0.05, 0) is 32.4 Å². The van der Waals surface area contributed by atoms with E-state index in [1.54, 1.807) is 0 Å². The Hall–Kier alpha value is -1.34. The fraction of sp³-hybridized carbons (Fsp3) is 0.714. The third kappa shape index (κ3) is 4.57. The fourth-order valence-electron chi connectivity index (χ4n) is 2.40. The van der Waals surface area contributed by atoms with Gasteiger partial charge in [-0.25, -0.2) is 4.98 Å². The molecule has 2 heterocycles. The lowest BCUT2D eigenvalue weighted by Gasteiger charge is -2.30. The molecule has 1 saturated heterocycles. The molecule has 1 fully saturated rings. The summed E-state index contributed by atoms with van der Waals surface area (Å²) in [5.74, 6) is 0.723. The van der Waals surface area contributed by atoms with Gasteiger partial charge in [-0.3, -0.25) is 4.79 Å². The maximum Gasteiger partial charge on any atom is 0.265 e. The highest BCUT2D eigenvalue weighted by atomic mass is 32.1. The molecule has 0 spiro atoms. The molecule has 1 unspecified atom stereocenters. The van der Waals surface area contributed by atoms with Gasteiger partial charge in [0, 0.05) is 19.1 Å². The molecule has 0 aromatic carbocycles. The van der Waals surface area contributed by atoms with Crippen LogP contribution in [0.1, 0.15) is 36.4 Å². The van der Waals surface area contributed by atoms with Gasteiger partial charge in [0.1, 0.15) is 10.7 Å². The first-order chi connectivity index (χ1) is 9.95. The summed E-state index contributed by atoms with van der Waals surface area (Å²) in [5.41, 5.74) is 5.87. The molecule has 0 bridgehead atoms. The molecule has 1 amide bonds. The maximum atomic E-state index is 12.3. The number of nitrogen functional groups attached to an aromatic ring is 1. The summed E-state index contributed by atoms with van der Waals surface area (Å²) in [5, 5.41) is 6.99. The minimum atomic E-state index is -0.108. The van der Waals surface area contributed by atoms with E-state index in [1.807, 2.05) is 0 Å². The third-order valence-electron chi connectivity index (χ3n) is 3.48. The van der Waals surface area contributed by atoms with E-state index in [4.69, 9.17) is 5.73 Å². The highest BCUT2D eigenvalue weighted by Gasteiger charge is 2.22. The molecule has 7 heteroatoms. The Labute approximate surface area is 130 Å². The lowest BCUT2D eigenvalue weighted by molar-refractivity contribution is 0.0917. The van der Waals surface area contributed by atoms with E-state index in [2.05, 4.69) is 41.4 Å². The van der Waals surface area contributed by atoms with Crippen LogP contribution in [-0.2, 0) is 0 Å². The number of carbonyl (C=O) groups is 1. The van der Waals surface area contributed by atoms with Crippen LogP contribution in [0.5, 0.6) is 0 Å². The largest absolute Gasteiger partial charge is 0.382 e. The zero-order chi connectivity index (χ0) is 15.4. The van der Waals surface area contributed by atoms with Crippen molar-refractivity contribution in [2.45, 2.75) is 32.7 Å². The van der Waals surface area contributed by atoms with Gasteiger partial charge in [0.15, 0.2) is 5.13 Å². The number of carbonyl (C=O) groups excluding carboxylic acids is 1. The highest BCUT2D eigenvalue weighted by molar-refractivity contribution is 7.18. The number of likely N-dealkylation sites (tertiary alicyclic amines) is 1. The lowest BCUT2D eigenvalue weighted by atomic mass is 10.1. The van der Waals surface area contributed by atoms with Gasteiger partial charge in [0.05, 0.1) is 0 Å². The molecule has 21 heavy (non-hydrogen) atoms. The summed E-state index contributed by atoms with van der Waals surface area (Å²) < 4.78 is 0. The first-order valence-corrected chi connectivity index (χ1v) is 8.27. The van der Waals surface area contributed by atoms with Crippen molar-refractivity contribution in [1.82, 2.24) is 15.2 Å². The predicted molar refractivity (Wildman–Crippen MR) is 87.8 cm³/mol. The molecule has 4 N–H and O–H groups in total. The van der Waals surface area contributed by atoms with E-state index in [9.17, 15) is 4.79 Å². The average molecular weight is 311 g/mol. The highest BCUT2D eigenvalue weighted by Crippen LogP contribution is 2.25. The van der Waals surface area contributed by atoms with Crippen LogP contribution >= 0.6 is 11.3 Å². The molecule has 0 aliphatic carbocycles. The van der Waals surface area contributed by atoms with Gasteiger partial charge in [-0.15, -0.1) is 0 Å². The second-order valence-corrected chi connectivity index (χ2v) is 7.08. The maximum absolute atomic E-state index is 12.3. The van der Waals surface area contributed by atoms with Crippen molar-refractivity contribution in [3.63, 3.8) is 0 Å². The summed E-state index contributed by atoms with van der Waals surface area (Å²) in [6, 6.07) is 0.199. The summed E-state index contributed by atoms with van der Waals surface area (Å²) in [6.07, 6.45) is 2.13. The number of piperidine rings is 1. The summed E-state index contributed by atoms with van der Waals surface area (Å²) in [4.78, 5) is 19.3. The molecule has 0 saturated carbocycles. The molecule has 1 aliphatic heterocycles. The van der Waals surface area contributed by atoms with Crippen LogP contribution in [0.4, 0.5) is 10.9 Å². The molecule has 118 valence electrons. The Morgan fingerprint density at radius 3 is 3.00 bits per heavy atom. The standard InChI is InChI=1S/C14H25N5OS/c1-9(2)7-16-14-18-12(15)11(21-14)13(20)17-10-5-4-6-19(3)8-10/h9-10H,4-8,15H2,1-3H3,(H,16,18)(H,17,20). The van der Waals surface area contributed by atoms with E-state index in [-0.39, 0.29) is 11.9 Å². The number of nitrogens with one attached hydrogen (secondary N) is 2. The first-order valence-electron chi connectivity index (χ1n) is 7.45. The monoisotopic (exact) mass is 311 g/mol. The topological polar surface area (TPSA) is 83.3 Å². The predicted octanol–water partition coefficient (Wildman–Crippen LogP) is 1.62. The van der Waals surface area contributed by atoms with Crippen LogP contribution < -0.4 is 16.4 Å². The van der Waals surface area contributed by atoms with Gasteiger partial charge in [-0.2, -0.15) is 0 Å². The van der Waals surface area contributed by atoms with Crippen molar-refractivity contribution in [2.24, 2.45) is 5.92 Å². The molecular weight excluding hydrogens is 286 g/mol. The Bertz CT molecular complexity index is 488. The van der Waals surface area contributed by atoms with Crippen molar-refractivity contribution >= 4 is 28.2 Å². The molecule has 1 aliphatic rings. The fourth-order valence-corrected chi connectivity index (χ4v) is 3.19. The number of nitrogens with two attached hydrogens (primary N) is 1. The number of rotatable bonds is 5. The second-order valence-electron chi connectivity index (χ2n) is 6.08. The minimum Gasteiger partial charge on any atom is -0.382 e. The molecular formula is C14H25N5OS. The number of aromatic nitrogens is 1. The van der Waals surface area contributed by atoms with Crippen LogP contribution in [0.25, 0.3) is 0 Å². The lowest BCUT2D eigenvalue weighted by Crippen LogP contribution is -2.46. The zero-order valence-corrected chi connectivity index (χ0v) is 13.8. The molecule has 1 aromatic rings. The quantitative estimate of drug-likeness (QED) is 0.769. The number of anilines is 2. The Kier molecular flexibility index (Phi) is 5.41. The van der Waals surface area contributed by atoms with Crippen molar-refractivity contribution < 1.29 is 4.79 Å². The van der Waals surface area contributed by atoms with E-state index >= 15 is 0 Å². The Morgan fingerprint density at radius 1 is 1.57 bits per heavy atom. The molecule has 6 nitrogen and oxygen atoms in total. The Morgan fingerprint density at radius 2 is 2.33 bits per heavy atom. The number of amides is 1. The average Bonchev–Trinajstić information content (AvgIpc) is 2.78. The molecule has 0 radical (unpaired) electrons. The van der Waals surface area contributed by atoms with Crippen LogP contribution in [0.3, 0.4) is 0 Å². The van der Waals surface area contributed by atoms with Gasteiger partial charge < -0.3 is 21.3 Å². The number of hydrogen-bond donors (Lipinski definition) is 3. The number of hydrogen-bond acceptors (Lipinski definition) is 6. The van der Waals surface area contributed by atoms with Crippen LogP contribution in [0.15, 0.2) is 0 Å². The summed E-state index contributed by atoms with van der Waals surface area (Å²) >= 11 is 1.33. The minimum absolute atomic E-state index is 0.108. The number of likely N-dealkylation sites (N-methyl/N-ethyl adjacent to an activating group) is 1. The molecule has 1 aromatic heterocycles. The SMILES string of the molecule is CC(C)CNc1nc(N)c(C(=O)NC2CCCN(C)C2)s1. The van der Waals surface area contributed by atoms with Gasteiger partial charge in [0.2, 0.25) is 0 Å². The first kappa shape index (κ1) is 16.0. The van der Waals surface area contributed by atoms with E-state index in [0.29, 0.717) is 21.7 Å². The third-order valence-corrected chi connectivity index (χ3v) is 4.51. The normalized spacial score (nSPS) is 19.7. The van der Waals surface area contributed by atoms with E-state index in [1.165, 1.54) is 11.3 Å². The molecule has 1 atom stereocenters. The van der Waals surface area contributed by atoms with E-state index < -0.39 is 0 Å². The van der Waals surface area contributed by atoms with Gasteiger partial charge >= 0.3 is 0 Å². The van der Waals surface area contributed by atoms with Crippen molar-refractivity contribution in [2.75, 3.05) is 37.7 Å². The second kappa shape index (κ2) is 7.09. The number of thiazole rings is 1.